The minimum atomic E-state index is -2.68. The molecule has 1 amide bonds. The average molecular weight is 586 g/mol. The van der Waals surface area contributed by atoms with Crippen LogP contribution in [-0.2, 0) is 22.6 Å². The van der Waals surface area contributed by atoms with E-state index >= 15 is 0 Å². The van der Waals surface area contributed by atoms with Gasteiger partial charge in [0.25, 0.3) is 0 Å². The standard InChI is InChI=1S/C26H47N3O6SSi2/c1-17(2)37(18(3)4)33-15-23(16-34-38(35-37,19(5)6)20(7)8)36-25(12-11-21(9)30)29-14-13-24(27-22(10)31)28-26(29)32/h13-14,17-20,23,25H,11-12,15-16H2,1-10H3,(H,27,28,31,32). The quantitative estimate of drug-likeness (QED) is 0.327. The van der Waals surface area contributed by atoms with Gasteiger partial charge in [-0.1, -0.05) is 55.4 Å². The van der Waals surface area contributed by atoms with Gasteiger partial charge < -0.3 is 23.1 Å². The molecule has 38 heavy (non-hydrogen) atoms. The summed E-state index contributed by atoms with van der Waals surface area (Å²) in [6.07, 6.45) is 2.44. The van der Waals surface area contributed by atoms with Gasteiger partial charge in [0, 0.05) is 19.5 Å². The molecule has 1 aromatic rings. The highest BCUT2D eigenvalue weighted by atomic mass is 32.2. The number of nitrogens with one attached hydrogen (secondary N) is 1. The van der Waals surface area contributed by atoms with Crippen molar-refractivity contribution in [3.05, 3.63) is 22.7 Å². The Balaban J connectivity index is 2.47. The normalized spacial score (nSPS) is 19.0. The Labute approximate surface area is 234 Å². The Bertz CT molecular complexity index is 971. The molecule has 2 heterocycles. The number of anilines is 1. The molecular weight excluding hydrogens is 539 g/mol. The summed E-state index contributed by atoms with van der Waals surface area (Å²) in [6, 6.07) is 1.61. The molecule has 1 saturated heterocycles. The molecule has 2 rings (SSSR count). The predicted molar refractivity (Wildman–Crippen MR) is 158 cm³/mol. The molecule has 1 N–H and O–H groups in total. The number of hydrogen-bond donors (Lipinski definition) is 1. The largest absolute Gasteiger partial charge is 0.414 e. The summed E-state index contributed by atoms with van der Waals surface area (Å²) in [5.41, 5.74) is 0.470. The highest BCUT2D eigenvalue weighted by molar-refractivity contribution is 8.00. The zero-order chi connectivity index (χ0) is 28.8. The number of hydrogen-bond acceptors (Lipinski definition) is 8. The van der Waals surface area contributed by atoms with E-state index in [9.17, 15) is 14.4 Å². The van der Waals surface area contributed by atoms with Crippen molar-refractivity contribution in [2.75, 3.05) is 18.5 Å². The lowest BCUT2D eigenvalue weighted by Gasteiger charge is -2.50. The highest BCUT2D eigenvalue weighted by Crippen LogP contribution is 2.46. The second kappa shape index (κ2) is 13.8. The molecule has 9 nitrogen and oxygen atoms in total. The van der Waals surface area contributed by atoms with Gasteiger partial charge in [0.1, 0.15) is 11.6 Å². The van der Waals surface area contributed by atoms with Gasteiger partial charge >= 0.3 is 22.8 Å². The van der Waals surface area contributed by atoms with Crippen molar-refractivity contribution in [3.8, 4) is 0 Å². The average Bonchev–Trinajstić information content (AvgIpc) is 2.77. The predicted octanol–water partition coefficient (Wildman–Crippen LogP) is 5.76. The maximum atomic E-state index is 13.0. The maximum absolute atomic E-state index is 13.0. The van der Waals surface area contributed by atoms with Crippen LogP contribution < -0.4 is 11.0 Å². The van der Waals surface area contributed by atoms with Crippen LogP contribution in [-0.4, -0.2) is 56.8 Å². The van der Waals surface area contributed by atoms with E-state index in [-0.39, 0.29) is 50.3 Å². The number of aromatic nitrogens is 2. The molecule has 0 bridgehead atoms. The molecule has 0 radical (unpaired) electrons. The van der Waals surface area contributed by atoms with Crippen molar-refractivity contribution in [2.24, 2.45) is 0 Å². The van der Waals surface area contributed by atoms with Gasteiger partial charge in [-0.25, -0.2) is 4.79 Å². The van der Waals surface area contributed by atoms with Crippen molar-refractivity contribution >= 4 is 46.4 Å². The molecule has 216 valence electrons. The third kappa shape index (κ3) is 7.88. The van der Waals surface area contributed by atoms with E-state index in [4.69, 9.17) is 13.0 Å². The Hall–Kier alpha value is -1.32. The summed E-state index contributed by atoms with van der Waals surface area (Å²) in [5.74, 6) is -0.0330. The van der Waals surface area contributed by atoms with Gasteiger partial charge in [-0.3, -0.25) is 9.36 Å². The number of carbonyl (C=O) groups excluding carboxylic acids is 2. The van der Waals surface area contributed by atoms with E-state index in [1.54, 1.807) is 35.5 Å². The molecule has 0 saturated carbocycles. The first-order valence-corrected chi connectivity index (χ1v) is 18.5. The summed E-state index contributed by atoms with van der Waals surface area (Å²) in [7, 11) is -5.35. The number of Topliss-reactive ketones (excluding diaryl/α,β-unsaturated/α-hetero) is 1. The van der Waals surface area contributed by atoms with E-state index in [0.717, 1.165) is 0 Å². The van der Waals surface area contributed by atoms with Crippen molar-refractivity contribution in [1.82, 2.24) is 9.55 Å². The molecule has 1 unspecified atom stereocenters. The first-order valence-electron chi connectivity index (χ1n) is 13.6. The van der Waals surface area contributed by atoms with Crippen LogP contribution in [0.2, 0.25) is 22.2 Å². The maximum Gasteiger partial charge on any atom is 0.350 e. The van der Waals surface area contributed by atoms with Gasteiger partial charge in [0.2, 0.25) is 5.91 Å². The van der Waals surface area contributed by atoms with Gasteiger partial charge in [-0.15, -0.1) is 11.8 Å². The summed E-state index contributed by atoms with van der Waals surface area (Å²) in [4.78, 5) is 40.3. The first kappa shape index (κ1) is 32.9. The Morgan fingerprint density at radius 1 is 1.00 bits per heavy atom. The van der Waals surface area contributed by atoms with Crippen molar-refractivity contribution in [2.45, 2.75) is 115 Å². The highest BCUT2D eigenvalue weighted by Gasteiger charge is 2.57. The Kier molecular flexibility index (Phi) is 12.0. The van der Waals surface area contributed by atoms with Gasteiger partial charge in [0.05, 0.1) is 23.8 Å². The number of rotatable bonds is 11. The molecule has 0 aromatic carbocycles. The van der Waals surface area contributed by atoms with Gasteiger partial charge in [-0.05, 0) is 41.6 Å². The summed E-state index contributed by atoms with van der Waals surface area (Å²) >= 11 is 1.59. The van der Waals surface area contributed by atoms with E-state index in [0.29, 0.717) is 26.1 Å². The molecule has 0 spiro atoms. The van der Waals surface area contributed by atoms with E-state index in [1.807, 2.05) is 0 Å². The SMILES string of the molecule is CC(=O)CCC(SC1CO[Si](C(C)C)(C(C)C)O[Si](C(C)C)(C(C)C)OC1)n1ccc(NC(C)=O)nc1=O. The molecular formula is C26H47N3O6SSi2. The lowest BCUT2D eigenvalue weighted by Crippen LogP contribution is -2.63. The zero-order valence-corrected chi connectivity index (χ0v) is 27.5. The molecule has 1 atom stereocenters. The van der Waals surface area contributed by atoms with Gasteiger partial charge in [-0.2, -0.15) is 4.98 Å². The van der Waals surface area contributed by atoms with Crippen molar-refractivity contribution in [3.63, 3.8) is 0 Å². The minimum absolute atomic E-state index is 0.0575. The van der Waals surface area contributed by atoms with Gasteiger partial charge in [0.15, 0.2) is 0 Å². The number of ketones is 1. The second-order valence-corrected chi connectivity index (χ2v) is 21.8. The summed E-state index contributed by atoms with van der Waals surface area (Å²) in [5, 5.41) is 2.14. The van der Waals surface area contributed by atoms with Crippen LogP contribution in [0.5, 0.6) is 0 Å². The van der Waals surface area contributed by atoms with E-state index in [2.05, 4.69) is 65.7 Å². The van der Waals surface area contributed by atoms with Crippen LogP contribution in [0.15, 0.2) is 17.1 Å². The molecule has 12 heteroatoms. The molecule has 1 aliphatic rings. The van der Waals surface area contributed by atoms with Crippen LogP contribution in [0.3, 0.4) is 0 Å². The van der Waals surface area contributed by atoms with Crippen LogP contribution in [0.4, 0.5) is 5.82 Å². The van der Waals surface area contributed by atoms with Crippen molar-refractivity contribution in [1.29, 1.82) is 0 Å². The number of thioether (sulfide) groups is 1. The fourth-order valence-electron chi connectivity index (χ4n) is 5.06. The molecule has 0 aliphatic carbocycles. The minimum Gasteiger partial charge on any atom is -0.414 e. The first-order chi connectivity index (χ1) is 17.6. The third-order valence-corrected chi connectivity index (χ3v) is 18.7. The topological polar surface area (TPSA) is 109 Å². The van der Waals surface area contributed by atoms with Crippen molar-refractivity contribution < 1.29 is 22.6 Å². The fraction of sp³-hybridized carbons (Fsp3) is 0.769. The lowest BCUT2D eigenvalue weighted by atomic mass is 10.2. The molecule has 1 aliphatic heterocycles. The second-order valence-electron chi connectivity index (χ2n) is 11.4. The van der Waals surface area contributed by atoms with E-state index in [1.165, 1.54) is 6.92 Å². The summed E-state index contributed by atoms with van der Waals surface area (Å²) in [6.45, 7) is 21.3. The van der Waals surface area contributed by atoms with E-state index < -0.39 is 22.8 Å². The number of carbonyl (C=O) groups is 2. The monoisotopic (exact) mass is 585 g/mol. The van der Waals surface area contributed by atoms with Crippen LogP contribution in [0, 0.1) is 0 Å². The molecule has 1 aromatic heterocycles. The zero-order valence-electron chi connectivity index (χ0n) is 24.7. The Morgan fingerprint density at radius 3 is 1.89 bits per heavy atom. The smallest absolute Gasteiger partial charge is 0.350 e. The Morgan fingerprint density at radius 2 is 1.50 bits per heavy atom. The lowest BCUT2D eigenvalue weighted by molar-refractivity contribution is -0.117. The number of nitrogens with zero attached hydrogens (tertiary/aromatic N) is 2. The van der Waals surface area contributed by atoms with Crippen LogP contribution >= 0.6 is 11.8 Å². The van der Waals surface area contributed by atoms with Crippen LogP contribution in [0.1, 0.15) is 87.5 Å². The number of amides is 1. The van der Waals surface area contributed by atoms with Crippen LogP contribution in [0.25, 0.3) is 0 Å². The summed E-state index contributed by atoms with van der Waals surface area (Å²) < 4.78 is 22.4. The fourth-order valence-corrected chi connectivity index (χ4v) is 17.7. The third-order valence-electron chi connectivity index (χ3n) is 7.06. The molecule has 1 fully saturated rings.